The van der Waals surface area contributed by atoms with Crippen LogP contribution in [0.15, 0.2) is 48.5 Å². The van der Waals surface area contributed by atoms with E-state index in [1.807, 2.05) is 12.1 Å². The lowest BCUT2D eigenvalue weighted by Crippen LogP contribution is -2.36. The number of morpholine rings is 1. The second-order valence-corrected chi connectivity index (χ2v) is 5.35. The van der Waals surface area contributed by atoms with Gasteiger partial charge in [-0.2, -0.15) is 0 Å². The van der Waals surface area contributed by atoms with Gasteiger partial charge in [0.25, 0.3) is 0 Å². The summed E-state index contributed by atoms with van der Waals surface area (Å²) in [5.74, 6) is 0.897. The Hall–Kier alpha value is -2.00. The maximum absolute atomic E-state index is 6.10. The van der Waals surface area contributed by atoms with Crippen molar-refractivity contribution in [3.8, 4) is 5.75 Å². The van der Waals surface area contributed by atoms with Gasteiger partial charge in [-0.3, -0.25) is 0 Å². The highest BCUT2D eigenvalue weighted by Crippen LogP contribution is 2.44. The molecule has 2 unspecified atom stereocenters. The van der Waals surface area contributed by atoms with Gasteiger partial charge in [0, 0.05) is 18.8 Å². The number of hydrogen-bond acceptors (Lipinski definition) is 3. The zero-order valence-corrected chi connectivity index (χ0v) is 11.5. The molecule has 2 heterocycles. The van der Waals surface area contributed by atoms with E-state index in [2.05, 4.69) is 41.3 Å². The second kappa shape index (κ2) is 4.53. The van der Waals surface area contributed by atoms with Crippen molar-refractivity contribution in [2.75, 3.05) is 25.1 Å². The quantitative estimate of drug-likeness (QED) is 0.833. The minimum absolute atomic E-state index is 0.201. The summed E-state index contributed by atoms with van der Waals surface area (Å²) in [4.78, 5) is 2.40. The minimum atomic E-state index is 0.201. The van der Waals surface area contributed by atoms with Gasteiger partial charge in [-0.1, -0.05) is 24.3 Å². The number of benzene rings is 2. The highest BCUT2D eigenvalue weighted by atomic mass is 16.5. The highest BCUT2D eigenvalue weighted by Gasteiger charge is 2.38. The smallest absolute Gasteiger partial charge is 0.119 e. The van der Waals surface area contributed by atoms with E-state index >= 15 is 0 Å². The number of ether oxygens (including phenoxy) is 2. The van der Waals surface area contributed by atoms with Gasteiger partial charge in [0.15, 0.2) is 0 Å². The molecule has 0 amide bonds. The average molecular weight is 267 g/mol. The third kappa shape index (κ3) is 1.78. The summed E-state index contributed by atoms with van der Waals surface area (Å²) in [6, 6.07) is 16.8. The first-order valence-corrected chi connectivity index (χ1v) is 6.98. The van der Waals surface area contributed by atoms with Crippen LogP contribution in [0.5, 0.6) is 5.75 Å². The van der Waals surface area contributed by atoms with Crippen LogP contribution < -0.4 is 9.64 Å². The first-order chi connectivity index (χ1) is 9.85. The summed E-state index contributed by atoms with van der Waals surface area (Å²) in [5, 5.41) is 0. The van der Waals surface area contributed by atoms with E-state index in [0.717, 1.165) is 18.8 Å². The van der Waals surface area contributed by atoms with Gasteiger partial charge in [0.2, 0.25) is 0 Å². The van der Waals surface area contributed by atoms with E-state index in [0.29, 0.717) is 0 Å². The summed E-state index contributed by atoms with van der Waals surface area (Å²) < 4.78 is 11.3. The van der Waals surface area contributed by atoms with Gasteiger partial charge in [0.1, 0.15) is 18.0 Å². The Morgan fingerprint density at radius 1 is 0.950 bits per heavy atom. The molecule has 0 spiro atoms. The minimum Gasteiger partial charge on any atom is -0.497 e. The van der Waals surface area contributed by atoms with Crippen molar-refractivity contribution in [1.29, 1.82) is 0 Å². The topological polar surface area (TPSA) is 21.7 Å². The van der Waals surface area contributed by atoms with Crippen LogP contribution in [0.25, 0.3) is 0 Å². The molecular formula is C17H17NO2. The molecule has 2 aliphatic heterocycles. The summed E-state index contributed by atoms with van der Waals surface area (Å²) in [6.07, 6.45) is 0.402. The Bertz CT molecular complexity index is 592. The molecule has 0 aromatic heterocycles. The average Bonchev–Trinajstić information content (AvgIpc) is 2.79. The first-order valence-electron chi connectivity index (χ1n) is 6.98. The van der Waals surface area contributed by atoms with Crippen molar-refractivity contribution in [2.45, 2.75) is 12.2 Å². The highest BCUT2D eigenvalue weighted by molar-refractivity contribution is 5.52. The van der Waals surface area contributed by atoms with E-state index < -0.39 is 0 Å². The molecule has 2 atom stereocenters. The number of fused-ring (bicyclic) bond motifs is 5. The molecule has 0 aliphatic carbocycles. The summed E-state index contributed by atoms with van der Waals surface area (Å²) in [5.41, 5.74) is 3.94. The Morgan fingerprint density at radius 3 is 2.10 bits per heavy atom. The van der Waals surface area contributed by atoms with E-state index in [4.69, 9.17) is 9.47 Å². The van der Waals surface area contributed by atoms with E-state index in [9.17, 15) is 0 Å². The normalized spacial score (nSPS) is 23.6. The maximum Gasteiger partial charge on any atom is 0.119 e. The lowest BCUT2D eigenvalue weighted by Gasteiger charge is -2.34. The molecule has 2 aliphatic rings. The Balaban J connectivity index is 1.62. The predicted molar refractivity (Wildman–Crippen MR) is 78.2 cm³/mol. The van der Waals surface area contributed by atoms with Crippen molar-refractivity contribution in [1.82, 2.24) is 0 Å². The van der Waals surface area contributed by atoms with Crippen molar-refractivity contribution < 1.29 is 9.47 Å². The number of methoxy groups -OCH3 is 1. The van der Waals surface area contributed by atoms with Gasteiger partial charge in [0.05, 0.1) is 7.11 Å². The fraction of sp³-hybridized carbons (Fsp3) is 0.294. The standard InChI is InChI=1S/C17H17NO2/c1-19-13-8-6-12(7-9-13)18-10-16-14-4-2-3-5-15(14)17(11-18)20-16/h2-9,16-17H,10-11H2,1H3. The molecule has 1 saturated heterocycles. The monoisotopic (exact) mass is 267 g/mol. The predicted octanol–water partition coefficient (Wildman–Crippen LogP) is 3.33. The maximum atomic E-state index is 6.10. The number of anilines is 1. The van der Waals surface area contributed by atoms with Gasteiger partial charge < -0.3 is 14.4 Å². The van der Waals surface area contributed by atoms with E-state index in [1.165, 1.54) is 16.8 Å². The molecule has 2 aromatic carbocycles. The lowest BCUT2D eigenvalue weighted by molar-refractivity contribution is -0.00314. The third-order valence-corrected chi connectivity index (χ3v) is 4.23. The van der Waals surface area contributed by atoms with E-state index in [-0.39, 0.29) is 12.2 Å². The molecule has 4 rings (SSSR count). The number of rotatable bonds is 2. The van der Waals surface area contributed by atoms with Crippen molar-refractivity contribution in [3.63, 3.8) is 0 Å². The van der Waals surface area contributed by atoms with Crippen molar-refractivity contribution >= 4 is 5.69 Å². The first kappa shape index (κ1) is 11.8. The van der Waals surface area contributed by atoms with Crippen LogP contribution in [0.3, 0.4) is 0 Å². The summed E-state index contributed by atoms with van der Waals surface area (Å²) in [7, 11) is 1.70. The zero-order valence-electron chi connectivity index (χ0n) is 11.5. The van der Waals surface area contributed by atoms with Gasteiger partial charge >= 0.3 is 0 Å². The molecule has 0 N–H and O–H groups in total. The second-order valence-electron chi connectivity index (χ2n) is 5.35. The summed E-state index contributed by atoms with van der Waals surface area (Å²) >= 11 is 0. The van der Waals surface area contributed by atoms with Crippen molar-refractivity contribution in [3.05, 3.63) is 59.7 Å². The van der Waals surface area contributed by atoms with Crippen LogP contribution in [0.2, 0.25) is 0 Å². The Kier molecular flexibility index (Phi) is 2.67. The fourth-order valence-electron chi connectivity index (χ4n) is 3.20. The molecule has 102 valence electrons. The zero-order chi connectivity index (χ0) is 13.5. The SMILES string of the molecule is COc1ccc(N2CC3OC(C2)c2ccccc23)cc1. The van der Waals surface area contributed by atoms with Gasteiger partial charge in [-0.05, 0) is 35.4 Å². The molecule has 3 heteroatoms. The largest absolute Gasteiger partial charge is 0.497 e. The molecule has 3 nitrogen and oxygen atoms in total. The molecule has 0 radical (unpaired) electrons. The van der Waals surface area contributed by atoms with E-state index in [1.54, 1.807) is 7.11 Å². The summed E-state index contributed by atoms with van der Waals surface area (Å²) in [6.45, 7) is 1.83. The molecule has 1 fully saturated rings. The van der Waals surface area contributed by atoms with Crippen LogP contribution in [-0.2, 0) is 4.74 Å². The van der Waals surface area contributed by atoms with Crippen LogP contribution in [0, 0.1) is 0 Å². The van der Waals surface area contributed by atoms with Crippen LogP contribution >= 0.6 is 0 Å². The Labute approximate surface area is 118 Å². The Morgan fingerprint density at radius 2 is 1.55 bits per heavy atom. The third-order valence-electron chi connectivity index (χ3n) is 4.23. The molecule has 0 saturated carbocycles. The molecule has 20 heavy (non-hydrogen) atoms. The van der Waals surface area contributed by atoms with Crippen LogP contribution in [0.1, 0.15) is 23.3 Å². The van der Waals surface area contributed by atoms with Gasteiger partial charge in [-0.15, -0.1) is 0 Å². The van der Waals surface area contributed by atoms with Crippen LogP contribution in [-0.4, -0.2) is 20.2 Å². The molecule has 2 aromatic rings. The molecular weight excluding hydrogens is 250 g/mol. The number of nitrogens with zero attached hydrogens (tertiary/aromatic N) is 1. The van der Waals surface area contributed by atoms with Crippen LogP contribution in [0.4, 0.5) is 5.69 Å². The van der Waals surface area contributed by atoms with Gasteiger partial charge in [-0.25, -0.2) is 0 Å². The molecule has 2 bridgehead atoms. The fourth-order valence-corrected chi connectivity index (χ4v) is 3.20. The number of hydrogen-bond donors (Lipinski definition) is 0. The lowest BCUT2D eigenvalue weighted by atomic mass is 10.0. The van der Waals surface area contributed by atoms with Crippen molar-refractivity contribution in [2.24, 2.45) is 0 Å².